The molecule has 3 heterocycles. The van der Waals surface area contributed by atoms with Crippen LogP contribution in [0.15, 0.2) is 34.3 Å². The van der Waals surface area contributed by atoms with Gasteiger partial charge in [-0.05, 0) is 43.7 Å². The first-order chi connectivity index (χ1) is 16.0. The molecule has 2 saturated heterocycles. The van der Waals surface area contributed by atoms with Crippen molar-refractivity contribution in [3.8, 4) is 0 Å². The van der Waals surface area contributed by atoms with Crippen molar-refractivity contribution in [2.45, 2.75) is 61.1 Å². The first kappa shape index (κ1) is 24.3. The Bertz CT molecular complexity index is 931. The fourth-order valence-corrected chi connectivity index (χ4v) is 5.41. The third kappa shape index (κ3) is 6.60. The van der Waals surface area contributed by atoms with Crippen LogP contribution in [0.2, 0.25) is 0 Å². The smallest absolute Gasteiger partial charge is 0.288 e. The molecule has 2 aliphatic rings. The van der Waals surface area contributed by atoms with E-state index in [4.69, 9.17) is 4.74 Å². The fraction of sp³-hybridized carbons (Fsp3) is 0.591. The van der Waals surface area contributed by atoms with E-state index in [1.165, 1.54) is 11.8 Å². The Morgan fingerprint density at radius 2 is 2.03 bits per heavy atom. The minimum atomic E-state index is -2.55. The van der Waals surface area contributed by atoms with Crippen LogP contribution < -0.4 is 10.2 Å². The highest BCUT2D eigenvalue weighted by Gasteiger charge is 2.26. The molecule has 0 aliphatic carbocycles. The lowest BCUT2D eigenvalue weighted by atomic mass is 10.00. The predicted molar refractivity (Wildman–Crippen MR) is 127 cm³/mol. The normalized spacial score (nSPS) is 19.4. The lowest BCUT2D eigenvalue weighted by Crippen LogP contribution is -2.35. The Morgan fingerprint density at radius 3 is 2.76 bits per heavy atom. The molecule has 7 nitrogen and oxygen atoms in total. The van der Waals surface area contributed by atoms with Crippen molar-refractivity contribution in [3.05, 3.63) is 24.3 Å². The van der Waals surface area contributed by atoms with Gasteiger partial charge in [-0.2, -0.15) is 8.78 Å². The number of hydrogen-bond donors (Lipinski definition) is 1. The monoisotopic (exact) mass is 497 g/mol. The van der Waals surface area contributed by atoms with E-state index in [2.05, 4.69) is 31.9 Å². The van der Waals surface area contributed by atoms with E-state index in [1.807, 2.05) is 0 Å². The van der Waals surface area contributed by atoms with Gasteiger partial charge in [-0.3, -0.25) is 9.36 Å². The molecule has 1 aromatic carbocycles. The lowest BCUT2D eigenvalue weighted by molar-refractivity contribution is -0.113. The number of thioether (sulfide) groups is 2. The molecular formula is C22H29F2N5O2S2. The fourth-order valence-electron chi connectivity index (χ4n) is 4.07. The first-order valence-electron chi connectivity index (χ1n) is 11.3. The molecule has 1 aromatic heterocycles. The van der Waals surface area contributed by atoms with Gasteiger partial charge in [0.25, 0.3) is 5.76 Å². The van der Waals surface area contributed by atoms with Crippen molar-refractivity contribution >= 4 is 41.1 Å². The third-order valence-corrected chi connectivity index (χ3v) is 7.64. The summed E-state index contributed by atoms with van der Waals surface area (Å²) in [6.45, 7) is 5.58. The Morgan fingerprint density at radius 1 is 1.24 bits per heavy atom. The summed E-state index contributed by atoms with van der Waals surface area (Å²) >= 11 is 1.72. The van der Waals surface area contributed by atoms with Gasteiger partial charge in [0.05, 0.1) is 24.1 Å². The number of carbonyl (C=O) groups is 1. The highest BCUT2D eigenvalue weighted by atomic mass is 32.2. The lowest BCUT2D eigenvalue weighted by Gasteiger charge is -2.31. The van der Waals surface area contributed by atoms with Gasteiger partial charge in [-0.1, -0.05) is 42.6 Å². The minimum Gasteiger partial charge on any atom is -0.376 e. The van der Waals surface area contributed by atoms with E-state index in [-0.39, 0.29) is 17.8 Å². The van der Waals surface area contributed by atoms with Crippen molar-refractivity contribution in [2.75, 3.05) is 35.7 Å². The van der Waals surface area contributed by atoms with Crippen molar-refractivity contribution in [3.63, 3.8) is 0 Å². The van der Waals surface area contributed by atoms with Gasteiger partial charge in [0.1, 0.15) is 0 Å². The van der Waals surface area contributed by atoms with Crippen LogP contribution in [0.5, 0.6) is 0 Å². The highest BCUT2D eigenvalue weighted by Crippen LogP contribution is 2.32. The summed E-state index contributed by atoms with van der Waals surface area (Å²) in [5.74, 6) is -1.18. The molecular weight excluding hydrogens is 468 g/mol. The SMILES string of the molecule is CC1CCN(c2nnc(SCC(=O)Nc3ccccc3SC(F)F)n2CC2CCCO2)CC1. The molecule has 0 bridgehead atoms. The van der Waals surface area contributed by atoms with Crippen LogP contribution in [0.3, 0.4) is 0 Å². The second kappa shape index (κ2) is 11.5. The Kier molecular flexibility index (Phi) is 8.48. The number of nitrogens with zero attached hydrogens (tertiary/aromatic N) is 4. The average Bonchev–Trinajstić information content (AvgIpc) is 3.44. The van der Waals surface area contributed by atoms with Crippen LogP contribution in [-0.2, 0) is 16.1 Å². The third-order valence-electron chi connectivity index (χ3n) is 5.88. The van der Waals surface area contributed by atoms with Gasteiger partial charge in [0.15, 0.2) is 5.16 Å². The van der Waals surface area contributed by atoms with E-state index in [1.54, 1.807) is 24.3 Å². The summed E-state index contributed by atoms with van der Waals surface area (Å²) < 4.78 is 33.5. The molecule has 1 atom stereocenters. The number of ether oxygens (including phenoxy) is 1. The zero-order chi connectivity index (χ0) is 23.2. The number of aromatic nitrogens is 3. The summed E-state index contributed by atoms with van der Waals surface area (Å²) in [4.78, 5) is 15.2. The number of halogens is 2. The molecule has 1 N–H and O–H groups in total. The molecule has 0 saturated carbocycles. The molecule has 180 valence electrons. The van der Waals surface area contributed by atoms with Crippen molar-refractivity contribution < 1.29 is 18.3 Å². The molecule has 2 aliphatic heterocycles. The number of alkyl halides is 2. The topological polar surface area (TPSA) is 72.3 Å². The summed E-state index contributed by atoms with van der Waals surface area (Å²) in [5.41, 5.74) is 0.386. The van der Waals surface area contributed by atoms with Crippen LogP contribution in [0.1, 0.15) is 32.6 Å². The molecule has 0 spiro atoms. The van der Waals surface area contributed by atoms with E-state index in [9.17, 15) is 13.6 Å². The average molecular weight is 498 g/mol. The Hall–Kier alpha value is -1.85. The van der Waals surface area contributed by atoms with Gasteiger partial charge in [-0.25, -0.2) is 0 Å². The zero-order valence-corrected chi connectivity index (χ0v) is 20.2. The van der Waals surface area contributed by atoms with Crippen LogP contribution in [0.25, 0.3) is 0 Å². The molecule has 2 aromatic rings. The number of hydrogen-bond acceptors (Lipinski definition) is 7. The number of nitrogens with one attached hydrogen (secondary N) is 1. The number of benzene rings is 1. The van der Waals surface area contributed by atoms with Gasteiger partial charge in [-0.15, -0.1) is 10.2 Å². The standard InChI is InChI=1S/C22H29F2N5O2S2/c1-15-8-10-28(11-9-15)21-26-27-22(29(21)13-16-5-4-12-31-16)32-14-19(30)25-17-6-2-3-7-18(17)33-20(23)24/h2-3,6-7,15-16,20H,4-5,8-14H2,1H3,(H,25,30). The Balaban J connectivity index is 1.43. The number of para-hydroxylation sites is 1. The van der Waals surface area contributed by atoms with Crippen LogP contribution in [-0.4, -0.2) is 58.0 Å². The number of rotatable bonds is 9. The summed E-state index contributed by atoms with van der Waals surface area (Å²) in [7, 11) is 0. The van der Waals surface area contributed by atoms with Gasteiger partial charge in [0.2, 0.25) is 11.9 Å². The number of piperidine rings is 1. The number of carbonyl (C=O) groups excluding carboxylic acids is 1. The van der Waals surface area contributed by atoms with Crippen LogP contribution in [0, 0.1) is 5.92 Å². The maximum Gasteiger partial charge on any atom is 0.288 e. The summed E-state index contributed by atoms with van der Waals surface area (Å²) in [5, 5.41) is 12.3. The van der Waals surface area contributed by atoms with E-state index in [0.29, 0.717) is 40.0 Å². The summed E-state index contributed by atoms with van der Waals surface area (Å²) in [6.07, 6.45) is 4.40. The zero-order valence-electron chi connectivity index (χ0n) is 18.6. The molecule has 0 radical (unpaired) electrons. The van der Waals surface area contributed by atoms with Crippen molar-refractivity contribution in [1.29, 1.82) is 0 Å². The largest absolute Gasteiger partial charge is 0.376 e. The maximum absolute atomic E-state index is 12.8. The maximum atomic E-state index is 12.8. The first-order valence-corrected chi connectivity index (χ1v) is 13.1. The predicted octanol–water partition coefficient (Wildman–Crippen LogP) is 4.74. The second-order valence-corrected chi connectivity index (χ2v) is 10.4. The molecule has 11 heteroatoms. The van der Waals surface area contributed by atoms with E-state index < -0.39 is 5.76 Å². The van der Waals surface area contributed by atoms with Gasteiger partial charge < -0.3 is 15.0 Å². The summed E-state index contributed by atoms with van der Waals surface area (Å²) in [6, 6.07) is 6.58. The highest BCUT2D eigenvalue weighted by molar-refractivity contribution is 8.00. The second-order valence-electron chi connectivity index (χ2n) is 8.41. The van der Waals surface area contributed by atoms with Crippen molar-refractivity contribution in [1.82, 2.24) is 14.8 Å². The van der Waals surface area contributed by atoms with Crippen LogP contribution in [0.4, 0.5) is 20.4 Å². The molecule has 1 unspecified atom stereocenters. The van der Waals surface area contributed by atoms with Gasteiger partial charge in [0, 0.05) is 24.6 Å². The molecule has 2 fully saturated rings. The molecule has 1 amide bonds. The Labute approximate surface area is 201 Å². The molecule has 33 heavy (non-hydrogen) atoms. The van der Waals surface area contributed by atoms with E-state index >= 15 is 0 Å². The van der Waals surface area contributed by atoms with Gasteiger partial charge >= 0.3 is 0 Å². The van der Waals surface area contributed by atoms with Crippen LogP contribution >= 0.6 is 23.5 Å². The number of amides is 1. The molecule has 4 rings (SSSR count). The van der Waals surface area contributed by atoms with E-state index in [0.717, 1.165) is 51.3 Å². The quantitative estimate of drug-likeness (QED) is 0.502. The number of anilines is 2. The van der Waals surface area contributed by atoms with Crippen molar-refractivity contribution in [2.24, 2.45) is 5.92 Å². The minimum absolute atomic E-state index is 0.106.